The Hall–Kier alpha value is -0.560. The zero-order valence-corrected chi connectivity index (χ0v) is 9.64. The molecule has 13 heavy (non-hydrogen) atoms. The van der Waals surface area contributed by atoms with Gasteiger partial charge in [-0.3, -0.25) is 0 Å². The van der Waals surface area contributed by atoms with Crippen molar-refractivity contribution in [2.45, 2.75) is 46.6 Å². The molecule has 0 saturated carbocycles. The maximum Gasteiger partial charge on any atom is 0.0221 e. The standard InChI is InChI=1S/C10H19N.C2H6/c1-4-6-7-9-11-10(3)8-5-2;1-2/h4-5,8,10-11H,1,6-7,9H2,2-3H3;1-2H3/b8-5-;. The summed E-state index contributed by atoms with van der Waals surface area (Å²) in [6, 6.07) is 0.504. The molecule has 1 unspecified atom stereocenters. The smallest absolute Gasteiger partial charge is 0.0221 e. The fraction of sp³-hybridized carbons (Fsp3) is 0.667. The molecule has 0 bridgehead atoms. The summed E-state index contributed by atoms with van der Waals surface area (Å²) in [5, 5.41) is 3.38. The van der Waals surface area contributed by atoms with Gasteiger partial charge in [0.2, 0.25) is 0 Å². The van der Waals surface area contributed by atoms with E-state index in [1.54, 1.807) is 0 Å². The Labute approximate surface area is 83.9 Å². The van der Waals surface area contributed by atoms with Crippen molar-refractivity contribution in [3.63, 3.8) is 0 Å². The third kappa shape index (κ3) is 14.3. The van der Waals surface area contributed by atoms with Crippen molar-refractivity contribution in [1.29, 1.82) is 0 Å². The lowest BCUT2D eigenvalue weighted by Crippen LogP contribution is -2.24. The van der Waals surface area contributed by atoms with E-state index in [4.69, 9.17) is 0 Å². The molecule has 78 valence electrons. The molecule has 0 aromatic rings. The highest BCUT2D eigenvalue weighted by Crippen LogP contribution is 1.89. The van der Waals surface area contributed by atoms with E-state index < -0.39 is 0 Å². The molecule has 0 fully saturated rings. The monoisotopic (exact) mass is 183 g/mol. The quantitative estimate of drug-likeness (QED) is 0.490. The van der Waals surface area contributed by atoms with E-state index in [-0.39, 0.29) is 0 Å². The fourth-order valence-corrected chi connectivity index (χ4v) is 0.933. The Morgan fingerprint density at radius 1 is 1.38 bits per heavy atom. The molecule has 1 heteroatoms. The van der Waals surface area contributed by atoms with Crippen LogP contribution in [0.5, 0.6) is 0 Å². The molecule has 0 heterocycles. The van der Waals surface area contributed by atoms with E-state index >= 15 is 0 Å². The first-order valence-electron chi connectivity index (χ1n) is 5.28. The normalized spacial score (nSPS) is 12.0. The summed E-state index contributed by atoms with van der Waals surface area (Å²) in [5.41, 5.74) is 0. The average Bonchev–Trinajstić information content (AvgIpc) is 2.16. The van der Waals surface area contributed by atoms with Crippen molar-refractivity contribution < 1.29 is 0 Å². The molecule has 0 aromatic heterocycles. The maximum atomic E-state index is 3.67. The van der Waals surface area contributed by atoms with Crippen LogP contribution in [0.4, 0.5) is 0 Å². The molecule has 0 aromatic carbocycles. The SMILES string of the molecule is C=CCCCNC(C)/C=C\C.CC. The second-order valence-corrected chi connectivity index (χ2v) is 2.70. The Balaban J connectivity index is 0. The number of unbranched alkanes of at least 4 members (excludes halogenated alkanes) is 1. The molecule has 0 aliphatic heterocycles. The van der Waals surface area contributed by atoms with Crippen LogP contribution in [-0.2, 0) is 0 Å². The number of nitrogens with one attached hydrogen (secondary N) is 1. The van der Waals surface area contributed by atoms with Gasteiger partial charge in [-0.1, -0.05) is 32.1 Å². The lowest BCUT2D eigenvalue weighted by atomic mass is 10.2. The van der Waals surface area contributed by atoms with Gasteiger partial charge in [0.25, 0.3) is 0 Å². The Bertz CT molecular complexity index is 116. The van der Waals surface area contributed by atoms with Gasteiger partial charge in [0, 0.05) is 6.04 Å². The Kier molecular flexibility index (Phi) is 16.1. The van der Waals surface area contributed by atoms with Crippen molar-refractivity contribution in [2.24, 2.45) is 0 Å². The van der Waals surface area contributed by atoms with E-state index in [2.05, 4.69) is 31.0 Å². The van der Waals surface area contributed by atoms with Crippen LogP contribution in [0, 0.1) is 0 Å². The van der Waals surface area contributed by atoms with Gasteiger partial charge in [0.05, 0.1) is 0 Å². The topological polar surface area (TPSA) is 12.0 Å². The Morgan fingerprint density at radius 3 is 2.46 bits per heavy atom. The number of allylic oxidation sites excluding steroid dienone is 2. The first-order chi connectivity index (χ1) is 6.31. The van der Waals surface area contributed by atoms with Gasteiger partial charge in [-0.25, -0.2) is 0 Å². The van der Waals surface area contributed by atoms with E-state index in [1.807, 2.05) is 26.8 Å². The van der Waals surface area contributed by atoms with Crippen LogP contribution in [0.3, 0.4) is 0 Å². The van der Waals surface area contributed by atoms with Gasteiger partial charge < -0.3 is 5.32 Å². The third-order valence-electron chi connectivity index (χ3n) is 1.53. The first kappa shape index (κ1) is 14.9. The number of rotatable bonds is 6. The molecule has 1 nitrogen and oxygen atoms in total. The minimum atomic E-state index is 0.504. The van der Waals surface area contributed by atoms with Crippen molar-refractivity contribution >= 4 is 0 Å². The second-order valence-electron chi connectivity index (χ2n) is 2.70. The summed E-state index contributed by atoms with van der Waals surface area (Å²) in [5.74, 6) is 0. The highest BCUT2D eigenvalue weighted by molar-refractivity contribution is 4.87. The highest BCUT2D eigenvalue weighted by atomic mass is 14.9. The van der Waals surface area contributed by atoms with E-state index in [0.29, 0.717) is 6.04 Å². The number of hydrogen-bond donors (Lipinski definition) is 1. The zero-order valence-electron chi connectivity index (χ0n) is 9.64. The molecule has 0 rings (SSSR count). The number of hydrogen-bond acceptors (Lipinski definition) is 1. The molecule has 0 saturated heterocycles. The molecule has 0 aliphatic carbocycles. The van der Waals surface area contributed by atoms with Crippen LogP contribution < -0.4 is 5.32 Å². The Morgan fingerprint density at radius 2 is 2.00 bits per heavy atom. The van der Waals surface area contributed by atoms with Crippen LogP contribution in [0.25, 0.3) is 0 Å². The van der Waals surface area contributed by atoms with Gasteiger partial charge in [0.15, 0.2) is 0 Å². The zero-order chi connectivity index (χ0) is 10.5. The largest absolute Gasteiger partial charge is 0.311 e. The molecule has 0 radical (unpaired) electrons. The average molecular weight is 183 g/mol. The van der Waals surface area contributed by atoms with Crippen molar-refractivity contribution in [2.75, 3.05) is 6.54 Å². The minimum absolute atomic E-state index is 0.504. The van der Waals surface area contributed by atoms with Gasteiger partial charge in [-0.2, -0.15) is 0 Å². The van der Waals surface area contributed by atoms with Crippen LogP contribution >= 0.6 is 0 Å². The van der Waals surface area contributed by atoms with Crippen molar-refractivity contribution in [1.82, 2.24) is 5.32 Å². The summed E-state index contributed by atoms with van der Waals surface area (Å²) >= 11 is 0. The lowest BCUT2D eigenvalue weighted by Gasteiger charge is -2.07. The van der Waals surface area contributed by atoms with Crippen LogP contribution in [0.1, 0.15) is 40.5 Å². The van der Waals surface area contributed by atoms with E-state index in [9.17, 15) is 0 Å². The van der Waals surface area contributed by atoms with Gasteiger partial charge in [0.1, 0.15) is 0 Å². The summed E-state index contributed by atoms with van der Waals surface area (Å²) in [6.07, 6.45) is 8.49. The third-order valence-corrected chi connectivity index (χ3v) is 1.53. The van der Waals surface area contributed by atoms with E-state index in [1.165, 1.54) is 6.42 Å². The van der Waals surface area contributed by atoms with Crippen molar-refractivity contribution in [3.05, 3.63) is 24.8 Å². The first-order valence-corrected chi connectivity index (χ1v) is 5.28. The van der Waals surface area contributed by atoms with Gasteiger partial charge in [-0.05, 0) is 33.2 Å². The van der Waals surface area contributed by atoms with Crippen LogP contribution in [0.15, 0.2) is 24.8 Å². The predicted molar refractivity (Wildman–Crippen MR) is 63.1 cm³/mol. The van der Waals surface area contributed by atoms with E-state index in [0.717, 1.165) is 13.0 Å². The fourth-order valence-electron chi connectivity index (χ4n) is 0.933. The summed E-state index contributed by atoms with van der Waals surface area (Å²) in [6.45, 7) is 13.0. The second kappa shape index (κ2) is 14.0. The predicted octanol–water partition coefficient (Wildman–Crippen LogP) is 3.53. The molecule has 0 spiro atoms. The van der Waals surface area contributed by atoms with Crippen LogP contribution in [0.2, 0.25) is 0 Å². The van der Waals surface area contributed by atoms with Crippen LogP contribution in [-0.4, -0.2) is 12.6 Å². The molecule has 1 N–H and O–H groups in total. The molecule has 0 amide bonds. The van der Waals surface area contributed by atoms with Gasteiger partial charge >= 0.3 is 0 Å². The summed E-state index contributed by atoms with van der Waals surface area (Å²) in [4.78, 5) is 0. The lowest BCUT2D eigenvalue weighted by molar-refractivity contribution is 0.609. The summed E-state index contributed by atoms with van der Waals surface area (Å²) in [7, 11) is 0. The minimum Gasteiger partial charge on any atom is -0.311 e. The molecular formula is C12H25N. The molecule has 1 atom stereocenters. The summed E-state index contributed by atoms with van der Waals surface area (Å²) < 4.78 is 0. The highest BCUT2D eigenvalue weighted by Gasteiger charge is 1.91. The maximum absolute atomic E-state index is 3.67. The van der Waals surface area contributed by atoms with Crippen molar-refractivity contribution in [3.8, 4) is 0 Å². The van der Waals surface area contributed by atoms with Gasteiger partial charge in [-0.15, -0.1) is 6.58 Å². The molecule has 0 aliphatic rings. The molecular weight excluding hydrogens is 158 g/mol.